The van der Waals surface area contributed by atoms with E-state index in [-0.39, 0.29) is 34.6 Å². The van der Waals surface area contributed by atoms with E-state index in [4.69, 9.17) is 0 Å². The maximum absolute atomic E-state index is 12.4. The summed E-state index contributed by atoms with van der Waals surface area (Å²) in [4.78, 5) is 12.4. The first-order valence-corrected chi connectivity index (χ1v) is 9.25. The van der Waals surface area contributed by atoms with Gasteiger partial charge in [0.05, 0.1) is 12.2 Å². The van der Waals surface area contributed by atoms with Crippen molar-refractivity contribution >= 4 is 5.78 Å². The van der Waals surface area contributed by atoms with Crippen LogP contribution in [0.1, 0.15) is 59.3 Å². The van der Waals surface area contributed by atoms with Gasteiger partial charge < -0.3 is 10.2 Å². The smallest absolute Gasteiger partial charge is 0.161 e. The van der Waals surface area contributed by atoms with Crippen LogP contribution in [0.25, 0.3) is 0 Å². The van der Waals surface area contributed by atoms with Gasteiger partial charge in [-0.05, 0) is 73.2 Å². The first kappa shape index (κ1) is 15.8. The predicted molar refractivity (Wildman–Crippen MR) is 88.7 cm³/mol. The second-order valence-corrected chi connectivity index (χ2v) is 9.70. The Kier molecular flexibility index (Phi) is 3.09. The third kappa shape index (κ3) is 1.81. The molecule has 0 unspecified atom stereocenters. The van der Waals surface area contributed by atoms with Crippen molar-refractivity contribution in [3.05, 3.63) is 12.2 Å². The number of aliphatic hydroxyl groups is 2. The molecular formula is C20H30O3. The molecule has 3 heteroatoms. The van der Waals surface area contributed by atoms with Crippen molar-refractivity contribution in [2.24, 2.45) is 34.0 Å². The quantitative estimate of drug-likeness (QED) is 0.781. The standard InChI is InChI=1S/C20H30O3/c1-17(2)14-5-9-19-8-4-13(20(23,11-19)12-21)10-15(19)18(14,3)7-6-16(17)22/h6-7,13-15,21,23H,4-5,8-12H2,1-3H3/t13-,14+,15-,18+,19+,20+/m0/s1. The van der Waals surface area contributed by atoms with Crippen molar-refractivity contribution in [2.75, 3.05) is 6.61 Å². The van der Waals surface area contributed by atoms with Crippen molar-refractivity contribution in [1.29, 1.82) is 0 Å². The topological polar surface area (TPSA) is 57.5 Å². The molecule has 0 aliphatic heterocycles. The zero-order valence-electron chi connectivity index (χ0n) is 14.6. The van der Waals surface area contributed by atoms with Crippen molar-refractivity contribution in [1.82, 2.24) is 0 Å². The molecule has 5 aliphatic carbocycles. The molecule has 23 heavy (non-hydrogen) atoms. The summed E-state index contributed by atoms with van der Waals surface area (Å²) < 4.78 is 0. The maximum Gasteiger partial charge on any atom is 0.161 e. The van der Waals surface area contributed by atoms with Gasteiger partial charge in [0, 0.05) is 5.41 Å². The number of hydrogen-bond acceptors (Lipinski definition) is 3. The lowest BCUT2D eigenvalue weighted by Gasteiger charge is -2.68. The second kappa shape index (κ2) is 4.49. The molecule has 1 spiro atoms. The van der Waals surface area contributed by atoms with E-state index in [0.29, 0.717) is 11.8 Å². The Balaban J connectivity index is 1.78. The fourth-order valence-corrected chi connectivity index (χ4v) is 7.23. The van der Waals surface area contributed by atoms with E-state index in [0.717, 1.165) is 32.1 Å². The fraction of sp³-hybridized carbons (Fsp3) is 0.850. The molecule has 4 saturated carbocycles. The van der Waals surface area contributed by atoms with E-state index >= 15 is 0 Å². The number of hydrogen-bond donors (Lipinski definition) is 2. The van der Waals surface area contributed by atoms with E-state index in [1.807, 2.05) is 6.08 Å². The van der Waals surface area contributed by atoms with E-state index in [1.165, 1.54) is 6.42 Å². The van der Waals surface area contributed by atoms with Crippen molar-refractivity contribution in [3.8, 4) is 0 Å². The van der Waals surface area contributed by atoms with Crippen LogP contribution in [0, 0.1) is 34.0 Å². The van der Waals surface area contributed by atoms with Gasteiger partial charge in [-0.1, -0.05) is 26.8 Å². The van der Waals surface area contributed by atoms with Crippen LogP contribution in [0.4, 0.5) is 0 Å². The number of allylic oxidation sites excluding steroid dienone is 2. The molecule has 3 nitrogen and oxygen atoms in total. The minimum absolute atomic E-state index is 0.0467. The summed E-state index contributed by atoms with van der Waals surface area (Å²) in [5.74, 6) is 1.40. The average Bonchev–Trinajstić information content (AvgIpc) is 2.51. The molecular weight excluding hydrogens is 288 g/mol. The Morgan fingerprint density at radius 3 is 2.57 bits per heavy atom. The highest BCUT2D eigenvalue weighted by atomic mass is 16.3. The average molecular weight is 318 g/mol. The van der Waals surface area contributed by atoms with Gasteiger partial charge in [0.25, 0.3) is 0 Å². The Morgan fingerprint density at radius 2 is 1.87 bits per heavy atom. The minimum Gasteiger partial charge on any atom is -0.393 e. The molecule has 5 rings (SSSR count). The Hall–Kier alpha value is -0.670. The van der Waals surface area contributed by atoms with Crippen molar-refractivity contribution in [3.63, 3.8) is 0 Å². The first-order chi connectivity index (χ1) is 10.7. The highest BCUT2D eigenvalue weighted by molar-refractivity contribution is 5.95. The number of fused-ring (bicyclic) bond motifs is 3. The van der Waals surface area contributed by atoms with E-state index in [2.05, 4.69) is 26.8 Å². The van der Waals surface area contributed by atoms with Gasteiger partial charge in [0.1, 0.15) is 0 Å². The Bertz CT molecular complexity index is 579. The summed E-state index contributed by atoms with van der Waals surface area (Å²) in [6.45, 7) is 6.48. The molecule has 0 aromatic carbocycles. The van der Waals surface area contributed by atoms with Gasteiger partial charge >= 0.3 is 0 Å². The van der Waals surface area contributed by atoms with Crippen LogP contribution in [0.3, 0.4) is 0 Å². The maximum atomic E-state index is 12.4. The van der Waals surface area contributed by atoms with Gasteiger partial charge in [-0.25, -0.2) is 0 Å². The van der Waals surface area contributed by atoms with Crippen LogP contribution in [-0.2, 0) is 4.79 Å². The van der Waals surface area contributed by atoms with Crippen LogP contribution in [0.2, 0.25) is 0 Å². The normalized spacial score (nSPS) is 53.8. The molecule has 6 atom stereocenters. The molecule has 2 bridgehead atoms. The van der Waals surface area contributed by atoms with E-state index in [9.17, 15) is 15.0 Å². The Labute approximate surface area is 139 Å². The van der Waals surface area contributed by atoms with E-state index < -0.39 is 5.60 Å². The molecule has 0 aromatic heterocycles. The minimum atomic E-state index is -0.873. The lowest BCUT2D eigenvalue weighted by Crippen LogP contribution is -2.65. The third-order valence-corrected chi connectivity index (χ3v) is 8.47. The summed E-state index contributed by atoms with van der Waals surface area (Å²) in [6, 6.07) is 0. The molecule has 0 amide bonds. The van der Waals surface area contributed by atoms with Crippen molar-refractivity contribution in [2.45, 2.75) is 64.9 Å². The number of carbonyl (C=O) groups excluding carboxylic acids is 1. The summed E-state index contributed by atoms with van der Waals surface area (Å²) in [5, 5.41) is 20.7. The van der Waals surface area contributed by atoms with Crippen LogP contribution in [0.15, 0.2) is 12.2 Å². The molecule has 2 N–H and O–H groups in total. The first-order valence-electron chi connectivity index (χ1n) is 9.25. The second-order valence-electron chi connectivity index (χ2n) is 9.70. The monoisotopic (exact) mass is 318 g/mol. The zero-order valence-corrected chi connectivity index (χ0v) is 14.6. The van der Waals surface area contributed by atoms with E-state index in [1.54, 1.807) is 0 Å². The molecule has 0 heterocycles. The molecule has 128 valence electrons. The number of rotatable bonds is 1. The number of ketones is 1. The molecule has 4 fully saturated rings. The molecule has 5 aliphatic rings. The zero-order chi connectivity index (χ0) is 16.7. The predicted octanol–water partition coefficient (Wildman–Crippen LogP) is 3.10. The van der Waals surface area contributed by atoms with Crippen molar-refractivity contribution < 1.29 is 15.0 Å². The molecule has 0 saturated heterocycles. The SMILES string of the molecule is CC1(C)C(=O)C=C[C@]2(C)[C@@H]1CC[C@@]13CC[C@@H](C[C@H]12)[C@](O)(CO)C3. The van der Waals surface area contributed by atoms with Gasteiger partial charge in [-0.2, -0.15) is 0 Å². The fourth-order valence-electron chi connectivity index (χ4n) is 7.23. The lowest BCUT2D eigenvalue weighted by atomic mass is 9.37. The van der Waals surface area contributed by atoms with Crippen LogP contribution < -0.4 is 0 Å². The van der Waals surface area contributed by atoms with Crippen LogP contribution in [-0.4, -0.2) is 28.2 Å². The van der Waals surface area contributed by atoms with Gasteiger partial charge in [0.15, 0.2) is 5.78 Å². The number of aliphatic hydroxyl groups excluding tert-OH is 1. The highest BCUT2D eigenvalue weighted by Gasteiger charge is 2.66. The summed E-state index contributed by atoms with van der Waals surface area (Å²) >= 11 is 0. The molecule has 0 aromatic rings. The molecule has 0 radical (unpaired) electrons. The summed E-state index contributed by atoms with van der Waals surface area (Å²) in [6.07, 6.45) is 10.1. The highest BCUT2D eigenvalue weighted by Crippen LogP contribution is 2.71. The lowest BCUT2D eigenvalue weighted by molar-refractivity contribution is -0.225. The van der Waals surface area contributed by atoms with Gasteiger partial charge in [-0.3, -0.25) is 4.79 Å². The summed E-state index contributed by atoms with van der Waals surface area (Å²) in [5.41, 5.74) is -0.958. The third-order valence-electron chi connectivity index (χ3n) is 8.47. The Morgan fingerprint density at radius 1 is 1.17 bits per heavy atom. The van der Waals surface area contributed by atoms with Crippen LogP contribution in [0.5, 0.6) is 0 Å². The largest absolute Gasteiger partial charge is 0.393 e. The number of carbonyl (C=O) groups is 1. The van der Waals surface area contributed by atoms with Crippen LogP contribution >= 0.6 is 0 Å². The van der Waals surface area contributed by atoms with Gasteiger partial charge in [-0.15, -0.1) is 0 Å². The summed E-state index contributed by atoms with van der Waals surface area (Å²) in [7, 11) is 0. The van der Waals surface area contributed by atoms with Gasteiger partial charge in [0.2, 0.25) is 0 Å².